The number of aromatic nitrogens is 2. The van der Waals surface area contributed by atoms with Crippen LogP contribution >= 0.6 is 0 Å². The summed E-state index contributed by atoms with van der Waals surface area (Å²) in [7, 11) is 0. The number of aryl methyl sites for hydroxylation is 2. The van der Waals surface area contributed by atoms with Crippen LogP contribution in [0.5, 0.6) is 0 Å². The normalized spacial score (nSPS) is 11.1. The molecule has 0 radical (unpaired) electrons. The lowest BCUT2D eigenvalue weighted by Crippen LogP contribution is -2.25. The zero-order valence-corrected chi connectivity index (χ0v) is 26.3. The second-order valence-electron chi connectivity index (χ2n) is 11.8. The smallest absolute Gasteiger partial charge is 0.252 e. The van der Waals surface area contributed by atoms with Crippen molar-refractivity contribution in [1.82, 2.24) is 20.6 Å². The molecule has 0 saturated heterocycles. The number of amides is 2. The van der Waals surface area contributed by atoms with E-state index in [1.165, 1.54) is 11.1 Å². The van der Waals surface area contributed by atoms with Gasteiger partial charge in [0.15, 0.2) is 0 Å². The number of nitrogens with one attached hydrogen (secondary N) is 2. The molecule has 46 heavy (non-hydrogen) atoms. The fourth-order valence-corrected chi connectivity index (χ4v) is 5.67. The van der Waals surface area contributed by atoms with Crippen LogP contribution in [0.25, 0.3) is 44.3 Å². The molecule has 0 aliphatic rings. The first-order valence-electron chi connectivity index (χ1n) is 16.0. The standard InChI is InChI=1S/C40H38N4O2/c1-27-15-19-29(20-16-27)37-25-33(31-11-5-7-13-35(31)43-37)39(45)41-23-9-3-4-10-24-42-40(46)34-26-38(30-21-17-28(2)18-22-30)44-36-14-8-6-12-32(34)36/h5-8,11-22,25-26H,3-4,9-10,23-24H2,1-2H3,(H,41,45)(H,42,46). The van der Waals surface area contributed by atoms with Crippen LogP contribution in [-0.4, -0.2) is 34.9 Å². The Kier molecular flexibility index (Phi) is 9.44. The Balaban J connectivity index is 1.00. The van der Waals surface area contributed by atoms with Crippen molar-refractivity contribution in [3.8, 4) is 22.5 Å². The van der Waals surface area contributed by atoms with Gasteiger partial charge in [0.25, 0.3) is 11.8 Å². The Morgan fingerprint density at radius 2 is 0.913 bits per heavy atom. The summed E-state index contributed by atoms with van der Waals surface area (Å²) in [6, 6.07) is 35.7. The topological polar surface area (TPSA) is 84.0 Å². The van der Waals surface area contributed by atoms with E-state index < -0.39 is 0 Å². The minimum absolute atomic E-state index is 0.0891. The van der Waals surface area contributed by atoms with Gasteiger partial charge in [-0.25, -0.2) is 9.97 Å². The van der Waals surface area contributed by atoms with Gasteiger partial charge in [-0.15, -0.1) is 0 Å². The number of para-hydroxylation sites is 2. The quantitative estimate of drug-likeness (QED) is 0.145. The van der Waals surface area contributed by atoms with E-state index in [9.17, 15) is 9.59 Å². The number of hydrogen-bond acceptors (Lipinski definition) is 4. The second kappa shape index (κ2) is 14.2. The molecule has 6 nitrogen and oxygen atoms in total. The first-order chi connectivity index (χ1) is 22.5. The molecule has 0 aliphatic heterocycles. The van der Waals surface area contributed by atoms with Crippen molar-refractivity contribution >= 4 is 33.6 Å². The lowest BCUT2D eigenvalue weighted by molar-refractivity contribution is 0.0945. The number of pyridine rings is 2. The molecule has 0 saturated carbocycles. The molecule has 6 heteroatoms. The number of nitrogens with zero attached hydrogens (tertiary/aromatic N) is 2. The Labute approximate surface area is 269 Å². The molecular weight excluding hydrogens is 568 g/mol. The molecule has 230 valence electrons. The van der Waals surface area contributed by atoms with Gasteiger partial charge in [0.05, 0.1) is 33.5 Å². The summed E-state index contributed by atoms with van der Waals surface area (Å²) in [5, 5.41) is 7.91. The molecule has 0 aliphatic carbocycles. The number of fused-ring (bicyclic) bond motifs is 2. The summed E-state index contributed by atoms with van der Waals surface area (Å²) >= 11 is 0. The SMILES string of the molecule is Cc1ccc(-c2cc(C(=O)NCCCCCCNC(=O)c3cc(-c4ccc(C)cc4)nc4ccccc34)c3ccccc3n2)cc1. The maximum Gasteiger partial charge on any atom is 0.252 e. The van der Waals surface area contributed by atoms with E-state index in [2.05, 4.69) is 48.7 Å². The highest BCUT2D eigenvalue weighted by Gasteiger charge is 2.15. The number of hydrogen-bond donors (Lipinski definition) is 2. The number of benzene rings is 4. The average Bonchev–Trinajstić information content (AvgIpc) is 3.08. The predicted molar refractivity (Wildman–Crippen MR) is 187 cm³/mol. The third-order valence-corrected chi connectivity index (χ3v) is 8.29. The summed E-state index contributed by atoms with van der Waals surface area (Å²) in [5.41, 5.74) is 8.80. The summed E-state index contributed by atoms with van der Waals surface area (Å²) < 4.78 is 0. The minimum atomic E-state index is -0.0891. The Bertz CT molecular complexity index is 1850. The largest absolute Gasteiger partial charge is 0.352 e. The van der Waals surface area contributed by atoms with E-state index >= 15 is 0 Å². The van der Waals surface area contributed by atoms with Crippen LogP contribution in [0, 0.1) is 13.8 Å². The van der Waals surface area contributed by atoms with Crippen LogP contribution in [0.4, 0.5) is 0 Å². The fraction of sp³-hybridized carbons (Fsp3) is 0.200. The molecule has 0 fully saturated rings. The third-order valence-electron chi connectivity index (χ3n) is 8.29. The van der Waals surface area contributed by atoms with Gasteiger partial charge in [0.2, 0.25) is 0 Å². The molecule has 2 amide bonds. The van der Waals surface area contributed by atoms with Gasteiger partial charge < -0.3 is 10.6 Å². The van der Waals surface area contributed by atoms with Crippen molar-refractivity contribution in [2.45, 2.75) is 39.5 Å². The van der Waals surface area contributed by atoms with Crippen LogP contribution in [0.1, 0.15) is 57.5 Å². The van der Waals surface area contributed by atoms with Gasteiger partial charge >= 0.3 is 0 Å². The van der Waals surface area contributed by atoms with Gasteiger partial charge in [-0.2, -0.15) is 0 Å². The Morgan fingerprint density at radius 3 is 1.33 bits per heavy atom. The highest BCUT2D eigenvalue weighted by Crippen LogP contribution is 2.27. The zero-order valence-electron chi connectivity index (χ0n) is 26.3. The van der Waals surface area contributed by atoms with Crippen LogP contribution in [0.3, 0.4) is 0 Å². The van der Waals surface area contributed by atoms with E-state index in [-0.39, 0.29) is 11.8 Å². The minimum Gasteiger partial charge on any atom is -0.352 e. The molecular formula is C40H38N4O2. The van der Waals surface area contributed by atoms with Crippen LogP contribution in [0.15, 0.2) is 109 Å². The van der Waals surface area contributed by atoms with Crippen molar-refractivity contribution in [2.75, 3.05) is 13.1 Å². The van der Waals surface area contributed by atoms with E-state index in [1.807, 2.05) is 84.9 Å². The summed E-state index contributed by atoms with van der Waals surface area (Å²) in [4.78, 5) is 36.2. The molecule has 6 aromatic rings. The van der Waals surface area contributed by atoms with Crippen LogP contribution in [-0.2, 0) is 0 Å². The third kappa shape index (κ3) is 7.13. The van der Waals surface area contributed by atoms with Crippen molar-refractivity contribution in [1.29, 1.82) is 0 Å². The van der Waals surface area contributed by atoms with Crippen molar-refractivity contribution in [3.63, 3.8) is 0 Å². The molecule has 2 heterocycles. The van der Waals surface area contributed by atoms with Crippen LogP contribution < -0.4 is 10.6 Å². The molecule has 2 aromatic heterocycles. The lowest BCUT2D eigenvalue weighted by Gasteiger charge is -2.12. The molecule has 0 spiro atoms. The van der Waals surface area contributed by atoms with E-state index in [4.69, 9.17) is 9.97 Å². The first kappa shape index (κ1) is 30.7. The highest BCUT2D eigenvalue weighted by atomic mass is 16.2. The Hall–Kier alpha value is -5.36. The lowest BCUT2D eigenvalue weighted by atomic mass is 10.0. The number of rotatable bonds is 11. The van der Waals surface area contributed by atoms with Crippen LogP contribution in [0.2, 0.25) is 0 Å². The number of carbonyl (C=O) groups excluding carboxylic acids is 2. The van der Waals surface area contributed by atoms with E-state index in [1.54, 1.807) is 0 Å². The molecule has 0 bridgehead atoms. The summed E-state index contributed by atoms with van der Waals surface area (Å²) in [5.74, 6) is -0.178. The first-order valence-corrected chi connectivity index (χ1v) is 16.0. The average molecular weight is 607 g/mol. The van der Waals surface area contributed by atoms with E-state index in [0.717, 1.165) is 70.0 Å². The highest BCUT2D eigenvalue weighted by molar-refractivity contribution is 6.08. The van der Waals surface area contributed by atoms with Gasteiger partial charge in [-0.1, -0.05) is 109 Å². The monoisotopic (exact) mass is 606 g/mol. The predicted octanol–water partition coefficient (Wildman–Crippen LogP) is 8.45. The summed E-state index contributed by atoms with van der Waals surface area (Å²) in [6.45, 7) is 5.29. The number of unbranched alkanes of at least 4 members (excludes halogenated alkanes) is 3. The van der Waals surface area contributed by atoms with Gasteiger partial charge in [-0.05, 0) is 51.0 Å². The summed E-state index contributed by atoms with van der Waals surface area (Å²) in [6.07, 6.45) is 3.64. The van der Waals surface area contributed by atoms with Gasteiger partial charge in [0.1, 0.15) is 0 Å². The molecule has 6 rings (SSSR count). The van der Waals surface area contributed by atoms with Gasteiger partial charge in [-0.3, -0.25) is 9.59 Å². The Morgan fingerprint density at radius 1 is 0.522 bits per heavy atom. The zero-order chi connectivity index (χ0) is 31.9. The maximum atomic E-state index is 13.3. The maximum absolute atomic E-state index is 13.3. The molecule has 2 N–H and O–H groups in total. The number of carbonyl (C=O) groups is 2. The van der Waals surface area contributed by atoms with Crippen molar-refractivity contribution in [3.05, 3.63) is 131 Å². The molecule has 0 atom stereocenters. The molecule has 4 aromatic carbocycles. The fourth-order valence-electron chi connectivity index (χ4n) is 5.67. The second-order valence-corrected chi connectivity index (χ2v) is 11.8. The molecule has 0 unspecified atom stereocenters. The van der Waals surface area contributed by atoms with Crippen molar-refractivity contribution in [2.24, 2.45) is 0 Å². The van der Waals surface area contributed by atoms with E-state index in [0.29, 0.717) is 24.2 Å². The van der Waals surface area contributed by atoms with Crippen molar-refractivity contribution < 1.29 is 9.59 Å². The van der Waals surface area contributed by atoms with Gasteiger partial charge in [0, 0.05) is 35.0 Å².